The third kappa shape index (κ3) is 19.8. The Morgan fingerprint density at radius 1 is 0.429 bits per heavy atom. The summed E-state index contributed by atoms with van der Waals surface area (Å²) in [7, 11) is 0. The van der Waals surface area contributed by atoms with Gasteiger partial charge in [-0.25, -0.2) is 0 Å². The number of amides is 8. The zero-order valence-electron chi connectivity index (χ0n) is 39.2. The summed E-state index contributed by atoms with van der Waals surface area (Å²) >= 11 is 0. The molecule has 4 aromatic rings. The van der Waals surface area contributed by atoms with E-state index in [0.29, 0.717) is 25.9 Å². The fourth-order valence-corrected chi connectivity index (χ4v) is 7.09. The van der Waals surface area contributed by atoms with E-state index in [0.717, 1.165) is 22.3 Å². The maximum absolute atomic E-state index is 13.6. The van der Waals surface area contributed by atoms with Crippen molar-refractivity contribution in [3.05, 3.63) is 131 Å². The van der Waals surface area contributed by atoms with Gasteiger partial charge in [-0.1, -0.05) is 84.9 Å². The van der Waals surface area contributed by atoms with Gasteiger partial charge in [0, 0.05) is 12.8 Å². The van der Waals surface area contributed by atoms with Crippen molar-refractivity contribution < 1.29 is 48.6 Å². The van der Waals surface area contributed by atoms with Crippen LogP contribution in [0.1, 0.15) is 48.9 Å². The summed E-state index contributed by atoms with van der Waals surface area (Å²) in [5.74, 6) is -4.96. The van der Waals surface area contributed by atoms with E-state index in [1.807, 2.05) is 12.1 Å². The molecule has 0 saturated carbocycles. The van der Waals surface area contributed by atoms with Gasteiger partial charge in [-0.3, -0.25) is 38.4 Å². The maximum Gasteiger partial charge on any atom is 0.242 e. The lowest BCUT2D eigenvalue weighted by Gasteiger charge is -2.23. The molecule has 0 saturated heterocycles. The van der Waals surface area contributed by atoms with Gasteiger partial charge in [-0.05, 0) is 99.1 Å². The van der Waals surface area contributed by atoms with Crippen LogP contribution in [0.3, 0.4) is 0 Å². The van der Waals surface area contributed by atoms with E-state index in [4.69, 9.17) is 11.5 Å². The minimum atomic E-state index is -1.05. The topological polar surface area (TPSA) is 325 Å². The number of nitrogens with two attached hydrogens (primary N) is 2. The molecule has 0 heterocycles. The highest BCUT2D eigenvalue weighted by molar-refractivity contribution is 5.94. The van der Waals surface area contributed by atoms with E-state index in [2.05, 4.69) is 42.5 Å². The molecule has 70 heavy (non-hydrogen) atoms. The summed E-state index contributed by atoms with van der Waals surface area (Å²) in [6.07, 6.45) is 1.79. The first-order valence-corrected chi connectivity index (χ1v) is 22.9. The van der Waals surface area contributed by atoms with Crippen molar-refractivity contribution >= 4 is 47.3 Å². The number of carbonyl (C=O) groups excluding carboxylic acids is 8. The molecule has 0 unspecified atom stereocenters. The third-order valence-electron chi connectivity index (χ3n) is 11.0. The minimum absolute atomic E-state index is 0.0487. The highest BCUT2D eigenvalue weighted by Gasteiger charge is 2.27. The van der Waals surface area contributed by atoms with Gasteiger partial charge in [0.05, 0.1) is 25.2 Å². The monoisotopic (exact) mass is 964 g/mol. The fourth-order valence-electron chi connectivity index (χ4n) is 7.09. The van der Waals surface area contributed by atoms with E-state index in [-0.39, 0.29) is 37.2 Å². The molecule has 0 spiro atoms. The highest BCUT2D eigenvalue weighted by Crippen LogP contribution is 2.14. The second-order valence-electron chi connectivity index (χ2n) is 16.8. The van der Waals surface area contributed by atoms with Gasteiger partial charge >= 0.3 is 0 Å². The van der Waals surface area contributed by atoms with Crippen molar-refractivity contribution in [2.24, 2.45) is 11.5 Å². The summed E-state index contributed by atoms with van der Waals surface area (Å²) in [6.45, 7) is 2.67. The molecule has 374 valence electrons. The van der Waals surface area contributed by atoms with Gasteiger partial charge in [-0.2, -0.15) is 0 Å². The highest BCUT2D eigenvalue weighted by atomic mass is 16.3. The van der Waals surface area contributed by atoms with Crippen molar-refractivity contribution in [1.82, 2.24) is 42.5 Å². The fraction of sp³-hybridized carbons (Fsp3) is 0.360. The van der Waals surface area contributed by atoms with Crippen LogP contribution < -0.4 is 54.0 Å². The third-order valence-corrected chi connectivity index (χ3v) is 11.0. The van der Waals surface area contributed by atoms with Crippen LogP contribution in [0.15, 0.2) is 109 Å². The number of unbranched alkanes of at least 4 members (excludes halogenated alkanes) is 1. The number of carbonyl (C=O) groups is 8. The van der Waals surface area contributed by atoms with Gasteiger partial charge in [0.25, 0.3) is 0 Å². The van der Waals surface area contributed by atoms with Gasteiger partial charge in [0.15, 0.2) is 0 Å². The summed E-state index contributed by atoms with van der Waals surface area (Å²) in [4.78, 5) is 103. The summed E-state index contributed by atoms with van der Waals surface area (Å²) < 4.78 is 0. The summed E-state index contributed by atoms with van der Waals surface area (Å²) in [6, 6.07) is 24.8. The standard InChI is InChI=1S/C50H64N10O10/c1-31(47(67)55-29-43(63)59-39(45(51)65)25-33-11-5-3-6-12-33)57-49(69)41(27-35-15-19-37(61)20-16-35)53-23-9-10-24-54-42(28-36-17-21-38(62)22-18-36)50(70)58-32(2)48(68)56-30-44(64)60-40(46(52)66)26-34-13-7-4-8-14-34/h3-8,11-22,31-32,39-42,53-54,61-62H,9-10,23-30H2,1-2H3,(H2,51,65)(H2,52,66)(H,55,67)(H,56,68)(H,57,69)(H,58,70)(H,59,63)(H,60,64)/t31-,32-,39+,40+,41+,42+/m1/s1. The molecule has 14 N–H and O–H groups in total. The van der Waals surface area contributed by atoms with Crippen LogP contribution in [-0.2, 0) is 64.0 Å². The number of phenolic OH excluding ortho intramolecular Hbond substituents is 2. The Hall–Kier alpha value is -7.84. The lowest BCUT2D eigenvalue weighted by Crippen LogP contribution is -2.54. The van der Waals surface area contributed by atoms with E-state index in [1.54, 1.807) is 72.8 Å². The van der Waals surface area contributed by atoms with Crippen molar-refractivity contribution in [2.75, 3.05) is 26.2 Å². The normalized spacial score (nSPS) is 13.5. The van der Waals surface area contributed by atoms with Gasteiger partial charge in [0.2, 0.25) is 47.3 Å². The van der Waals surface area contributed by atoms with Crippen molar-refractivity contribution in [2.45, 2.75) is 88.6 Å². The molecule has 20 nitrogen and oxygen atoms in total. The van der Waals surface area contributed by atoms with Gasteiger partial charge in [-0.15, -0.1) is 0 Å². The van der Waals surface area contributed by atoms with E-state index >= 15 is 0 Å². The van der Waals surface area contributed by atoms with Crippen LogP contribution in [0.2, 0.25) is 0 Å². The average molecular weight is 965 g/mol. The van der Waals surface area contributed by atoms with Crippen LogP contribution in [0.25, 0.3) is 0 Å². The van der Waals surface area contributed by atoms with Crippen molar-refractivity contribution in [1.29, 1.82) is 0 Å². The molecule has 0 aliphatic heterocycles. The quantitative estimate of drug-likeness (QED) is 0.0299. The Morgan fingerprint density at radius 2 is 0.743 bits per heavy atom. The molecular weight excluding hydrogens is 901 g/mol. The maximum atomic E-state index is 13.6. The number of phenols is 2. The molecule has 4 rings (SSSR count). The first-order chi connectivity index (χ1) is 33.5. The largest absolute Gasteiger partial charge is 0.508 e. The number of benzene rings is 4. The number of hydrogen-bond donors (Lipinski definition) is 12. The SMILES string of the molecule is C[C@@H](NC(=O)[C@H](Cc1ccc(O)cc1)NCCCCN[C@@H](Cc1ccc(O)cc1)C(=O)N[C@H](C)C(=O)NCC(=O)N[C@@H](Cc1ccccc1)C(N)=O)C(=O)NCC(=O)N[C@@H](Cc1ccccc1)C(N)=O. The van der Waals surface area contributed by atoms with Crippen LogP contribution in [0.5, 0.6) is 11.5 Å². The van der Waals surface area contributed by atoms with E-state index in [9.17, 15) is 48.6 Å². The smallest absolute Gasteiger partial charge is 0.242 e. The lowest BCUT2D eigenvalue weighted by molar-refractivity contribution is -0.131. The predicted octanol–water partition coefficient (Wildman–Crippen LogP) is -0.753. The zero-order valence-corrected chi connectivity index (χ0v) is 39.2. The molecular formula is C50H64N10O10. The first kappa shape index (κ1) is 54.8. The number of aromatic hydroxyl groups is 2. The van der Waals surface area contributed by atoms with Gasteiger partial charge in [0.1, 0.15) is 35.7 Å². The molecule has 0 fully saturated rings. The second-order valence-corrected chi connectivity index (χ2v) is 16.8. The molecule has 6 atom stereocenters. The van der Waals surface area contributed by atoms with Crippen LogP contribution in [-0.4, -0.2) is 120 Å². The number of rotatable bonds is 29. The molecule has 0 aliphatic rings. The Labute approximate surface area is 406 Å². The second kappa shape index (κ2) is 28.5. The molecule has 4 aromatic carbocycles. The number of primary amides is 2. The van der Waals surface area contributed by atoms with Gasteiger partial charge < -0.3 is 64.2 Å². The van der Waals surface area contributed by atoms with Crippen molar-refractivity contribution in [3.63, 3.8) is 0 Å². The summed E-state index contributed by atoms with van der Waals surface area (Å²) in [5.41, 5.74) is 14.0. The predicted molar refractivity (Wildman–Crippen MR) is 260 cm³/mol. The van der Waals surface area contributed by atoms with E-state index in [1.165, 1.54) is 38.1 Å². The Morgan fingerprint density at radius 3 is 1.07 bits per heavy atom. The lowest BCUT2D eigenvalue weighted by atomic mass is 10.0. The zero-order chi connectivity index (χ0) is 51.0. The number of nitrogens with one attached hydrogen (secondary N) is 8. The van der Waals surface area contributed by atoms with Crippen molar-refractivity contribution in [3.8, 4) is 11.5 Å². The Kier molecular flexibility index (Phi) is 22.3. The molecule has 8 amide bonds. The van der Waals surface area contributed by atoms with Crippen LogP contribution in [0.4, 0.5) is 0 Å². The number of hydrogen-bond acceptors (Lipinski definition) is 12. The molecule has 20 heteroatoms. The first-order valence-electron chi connectivity index (χ1n) is 22.9. The van der Waals surface area contributed by atoms with Crippen LogP contribution >= 0.6 is 0 Å². The molecule has 0 radical (unpaired) electrons. The molecule has 0 aliphatic carbocycles. The minimum Gasteiger partial charge on any atom is -0.508 e. The Bertz CT molecular complexity index is 2190. The van der Waals surface area contributed by atoms with E-state index < -0.39 is 96.6 Å². The Balaban J connectivity index is 1.27. The average Bonchev–Trinajstić information content (AvgIpc) is 3.33. The molecule has 0 bridgehead atoms. The summed E-state index contributed by atoms with van der Waals surface area (Å²) in [5, 5.41) is 41.4. The van der Waals surface area contributed by atoms with Crippen LogP contribution in [0, 0.1) is 0 Å². The molecule has 0 aromatic heterocycles.